The van der Waals surface area contributed by atoms with Crippen molar-refractivity contribution in [3.05, 3.63) is 53.1 Å². The monoisotopic (exact) mass is 265 g/mol. The summed E-state index contributed by atoms with van der Waals surface area (Å²) in [5.41, 5.74) is 0.990. The van der Waals surface area contributed by atoms with Crippen molar-refractivity contribution in [1.29, 1.82) is 0 Å². The Balaban J connectivity index is 2.58. The molecule has 0 fully saturated rings. The van der Waals surface area contributed by atoms with Gasteiger partial charge in [-0.25, -0.2) is 4.39 Å². The molecule has 1 aromatic heterocycles. The van der Waals surface area contributed by atoms with E-state index in [1.807, 2.05) is 0 Å². The van der Waals surface area contributed by atoms with E-state index < -0.39 is 11.8 Å². The normalized spacial score (nSPS) is 10.3. The van der Waals surface area contributed by atoms with Crippen molar-refractivity contribution < 1.29 is 14.3 Å². The highest BCUT2D eigenvalue weighted by Crippen LogP contribution is 2.27. The van der Waals surface area contributed by atoms with Gasteiger partial charge in [0.2, 0.25) is 0 Å². The number of aliphatic carboxylic acids is 1. The number of carboxylic acid groups (broad SMARTS) is 1. The first-order valence-corrected chi connectivity index (χ1v) is 5.57. The molecule has 0 amide bonds. The lowest BCUT2D eigenvalue weighted by Crippen LogP contribution is -2.04. The van der Waals surface area contributed by atoms with Crippen LogP contribution in [0.25, 0.3) is 11.1 Å². The Morgan fingerprint density at radius 3 is 2.72 bits per heavy atom. The second kappa shape index (κ2) is 5.14. The molecule has 3 nitrogen and oxygen atoms in total. The topological polar surface area (TPSA) is 50.2 Å². The Bertz CT molecular complexity index is 601. The SMILES string of the molecule is O=C(O)Cc1ncc(Cl)cc1-c1ccccc1F. The molecule has 0 unspecified atom stereocenters. The predicted molar refractivity (Wildman–Crippen MR) is 66.0 cm³/mol. The first-order valence-electron chi connectivity index (χ1n) is 5.19. The number of pyridine rings is 1. The van der Waals surface area contributed by atoms with E-state index in [1.165, 1.54) is 18.3 Å². The fourth-order valence-corrected chi connectivity index (χ4v) is 1.82. The van der Waals surface area contributed by atoms with Gasteiger partial charge in [-0.2, -0.15) is 0 Å². The number of carboxylic acids is 1. The molecule has 0 aliphatic rings. The van der Waals surface area contributed by atoms with E-state index in [4.69, 9.17) is 16.7 Å². The van der Waals surface area contributed by atoms with Crippen LogP contribution < -0.4 is 0 Å². The first kappa shape index (κ1) is 12.5. The van der Waals surface area contributed by atoms with Gasteiger partial charge in [0.25, 0.3) is 0 Å². The maximum Gasteiger partial charge on any atom is 0.309 e. The van der Waals surface area contributed by atoms with Crippen LogP contribution in [0.5, 0.6) is 0 Å². The van der Waals surface area contributed by atoms with Gasteiger partial charge in [-0.1, -0.05) is 29.8 Å². The minimum absolute atomic E-state index is 0.277. The lowest BCUT2D eigenvalue weighted by molar-refractivity contribution is -0.136. The first-order chi connectivity index (χ1) is 8.58. The average Bonchev–Trinajstić information content (AvgIpc) is 2.32. The van der Waals surface area contributed by atoms with Crippen LogP contribution in [-0.4, -0.2) is 16.1 Å². The zero-order valence-corrected chi connectivity index (χ0v) is 9.99. The molecule has 0 saturated heterocycles. The smallest absolute Gasteiger partial charge is 0.309 e. The maximum absolute atomic E-state index is 13.7. The van der Waals surface area contributed by atoms with E-state index in [-0.39, 0.29) is 12.1 Å². The molecule has 0 aliphatic heterocycles. The maximum atomic E-state index is 13.7. The van der Waals surface area contributed by atoms with Gasteiger partial charge in [0.05, 0.1) is 17.1 Å². The number of rotatable bonds is 3. The average molecular weight is 266 g/mol. The van der Waals surface area contributed by atoms with Crippen LogP contribution in [0.1, 0.15) is 5.69 Å². The molecule has 2 rings (SSSR count). The summed E-state index contributed by atoms with van der Waals surface area (Å²) in [6, 6.07) is 7.62. The van der Waals surface area contributed by atoms with E-state index in [9.17, 15) is 9.18 Å². The minimum Gasteiger partial charge on any atom is -0.481 e. The summed E-state index contributed by atoms with van der Waals surface area (Å²) < 4.78 is 13.7. The van der Waals surface area contributed by atoms with Gasteiger partial charge in [0, 0.05) is 17.3 Å². The molecule has 0 atom stereocenters. The minimum atomic E-state index is -1.03. The molecule has 92 valence electrons. The van der Waals surface area contributed by atoms with Gasteiger partial charge < -0.3 is 5.11 Å². The molecular weight excluding hydrogens is 257 g/mol. The summed E-state index contributed by atoms with van der Waals surface area (Å²) >= 11 is 5.82. The molecule has 0 saturated carbocycles. The summed E-state index contributed by atoms with van der Waals surface area (Å²) in [7, 11) is 0. The van der Waals surface area contributed by atoms with Gasteiger partial charge in [-0.3, -0.25) is 9.78 Å². The molecule has 1 heterocycles. The van der Waals surface area contributed by atoms with Crippen LogP contribution in [-0.2, 0) is 11.2 Å². The van der Waals surface area contributed by atoms with Gasteiger partial charge in [0.1, 0.15) is 5.82 Å². The number of aromatic nitrogens is 1. The molecule has 18 heavy (non-hydrogen) atoms. The van der Waals surface area contributed by atoms with Gasteiger partial charge in [0.15, 0.2) is 0 Å². The summed E-state index contributed by atoms with van der Waals surface area (Å²) in [5, 5.41) is 9.15. The zero-order chi connectivity index (χ0) is 13.1. The molecule has 0 radical (unpaired) electrons. The number of carbonyl (C=O) groups is 1. The lowest BCUT2D eigenvalue weighted by Gasteiger charge is -2.08. The Kier molecular flexibility index (Phi) is 3.58. The van der Waals surface area contributed by atoms with Gasteiger partial charge >= 0.3 is 5.97 Å². The van der Waals surface area contributed by atoms with E-state index in [0.717, 1.165) is 0 Å². The third-order valence-corrected chi connectivity index (χ3v) is 2.63. The second-order valence-electron chi connectivity index (χ2n) is 3.70. The number of nitrogens with zero attached hydrogens (tertiary/aromatic N) is 1. The third kappa shape index (κ3) is 2.65. The van der Waals surface area contributed by atoms with E-state index in [0.29, 0.717) is 16.1 Å². The van der Waals surface area contributed by atoms with Gasteiger partial charge in [-0.05, 0) is 12.1 Å². The zero-order valence-electron chi connectivity index (χ0n) is 9.23. The molecule has 5 heteroatoms. The fraction of sp³-hybridized carbons (Fsp3) is 0.0769. The molecular formula is C13H9ClFNO2. The molecule has 0 aliphatic carbocycles. The summed E-state index contributed by atoms with van der Waals surface area (Å²) in [4.78, 5) is 14.7. The second-order valence-corrected chi connectivity index (χ2v) is 4.13. The van der Waals surface area contributed by atoms with Crippen molar-refractivity contribution in [3.63, 3.8) is 0 Å². The Morgan fingerprint density at radius 1 is 1.33 bits per heavy atom. The third-order valence-electron chi connectivity index (χ3n) is 2.42. The van der Waals surface area contributed by atoms with E-state index in [1.54, 1.807) is 18.2 Å². The highest BCUT2D eigenvalue weighted by atomic mass is 35.5. The van der Waals surface area contributed by atoms with Crippen LogP contribution >= 0.6 is 11.6 Å². The van der Waals surface area contributed by atoms with Crippen LogP contribution in [0.4, 0.5) is 4.39 Å². The van der Waals surface area contributed by atoms with Gasteiger partial charge in [-0.15, -0.1) is 0 Å². The standard InChI is InChI=1S/C13H9ClFNO2/c14-8-5-10(9-3-1-2-4-11(9)15)12(16-7-8)6-13(17)18/h1-5,7H,6H2,(H,17,18). The Labute approximate surface area is 108 Å². The van der Waals surface area contributed by atoms with Crippen molar-refractivity contribution in [2.45, 2.75) is 6.42 Å². The Hall–Kier alpha value is -1.94. The molecule has 2 aromatic rings. The van der Waals surface area contributed by atoms with Crippen molar-refractivity contribution in [2.75, 3.05) is 0 Å². The predicted octanol–water partition coefficient (Wildman–Crippen LogP) is 3.17. The molecule has 1 aromatic carbocycles. The van der Waals surface area contributed by atoms with Crippen molar-refractivity contribution in [1.82, 2.24) is 4.98 Å². The lowest BCUT2D eigenvalue weighted by atomic mass is 10.0. The van der Waals surface area contributed by atoms with Crippen molar-refractivity contribution in [3.8, 4) is 11.1 Å². The largest absolute Gasteiger partial charge is 0.481 e. The summed E-state index contributed by atoms with van der Waals surface area (Å²) in [6.07, 6.45) is 1.07. The number of hydrogen-bond acceptors (Lipinski definition) is 2. The fourth-order valence-electron chi connectivity index (χ4n) is 1.66. The van der Waals surface area contributed by atoms with Crippen molar-refractivity contribution in [2.24, 2.45) is 0 Å². The summed E-state index contributed by atoms with van der Waals surface area (Å²) in [5.74, 6) is -1.46. The number of halogens is 2. The molecule has 1 N–H and O–H groups in total. The molecule has 0 spiro atoms. The summed E-state index contributed by atoms with van der Waals surface area (Å²) in [6.45, 7) is 0. The van der Waals surface area contributed by atoms with Crippen LogP contribution in [0, 0.1) is 5.82 Å². The van der Waals surface area contributed by atoms with Crippen LogP contribution in [0.3, 0.4) is 0 Å². The Morgan fingerprint density at radius 2 is 2.06 bits per heavy atom. The van der Waals surface area contributed by atoms with Crippen molar-refractivity contribution >= 4 is 17.6 Å². The quantitative estimate of drug-likeness (QED) is 0.927. The molecule has 0 bridgehead atoms. The van der Waals surface area contributed by atoms with E-state index >= 15 is 0 Å². The van der Waals surface area contributed by atoms with Crippen LogP contribution in [0.2, 0.25) is 5.02 Å². The number of hydrogen-bond donors (Lipinski definition) is 1. The van der Waals surface area contributed by atoms with E-state index in [2.05, 4.69) is 4.98 Å². The number of benzene rings is 1. The highest BCUT2D eigenvalue weighted by Gasteiger charge is 2.13. The highest BCUT2D eigenvalue weighted by molar-refractivity contribution is 6.30. The van der Waals surface area contributed by atoms with Crippen LogP contribution in [0.15, 0.2) is 36.5 Å².